The summed E-state index contributed by atoms with van der Waals surface area (Å²) >= 11 is 1.79. The summed E-state index contributed by atoms with van der Waals surface area (Å²) in [7, 11) is 1.71. The predicted molar refractivity (Wildman–Crippen MR) is 84.6 cm³/mol. The van der Waals surface area contributed by atoms with Gasteiger partial charge in [-0.25, -0.2) is 4.98 Å². The Kier molecular flexibility index (Phi) is 5.15. The fourth-order valence-electron chi connectivity index (χ4n) is 2.04. The standard InChI is InChI=1S/C16H22N2OS/c1-11(2)17-10-15-12(3)18-16(20-15)9-13-7-5-6-8-14(13)19-4/h5-8,11,17H,9-10H2,1-4H3. The number of ether oxygens (including phenoxy) is 1. The summed E-state index contributed by atoms with van der Waals surface area (Å²) < 4.78 is 5.40. The van der Waals surface area contributed by atoms with Crippen LogP contribution in [0.5, 0.6) is 5.75 Å². The van der Waals surface area contributed by atoms with Crippen molar-refractivity contribution in [2.75, 3.05) is 7.11 Å². The highest BCUT2D eigenvalue weighted by Gasteiger charge is 2.10. The normalized spacial score (nSPS) is 11.1. The highest BCUT2D eigenvalue weighted by atomic mass is 32.1. The first-order valence-electron chi connectivity index (χ1n) is 6.90. The lowest BCUT2D eigenvalue weighted by atomic mass is 10.1. The zero-order chi connectivity index (χ0) is 14.5. The minimum atomic E-state index is 0.495. The number of hydrogen-bond donors (Lipinski definition) is 1. The number of aryl methyl sites for hydroxylation is 1. The van der Waals surface area contributed by atoms with E-state index in [0.717, 1.165) is 29.4 Å². The minimum absolute atomic E-state index is 0.495. The molecule has 108 valence electrons. The molecule has 1 heterocycles. The van der Waals surface area contributed by atoms with Crippen molar-refractivity contribution in [3.05, 3.63) is 45.4 Å². The van der Waals surface area contributed by atoms with Crippen molar-refractivity contribution < 1.29 is 4.74 Å². The van der Waals surface area contributed by atoms with Crippen LogP contribution < -0.4 is 10.1 Å². The molecule has 1 aromatic heterocycles. The summed E-state index contributed by atoms with van der Waals surface area (Å²) in [5, 5.41) is 4.59. The summed E-state index contributed by atoms with van der Waals surface area (Å²) in [6.45, 7) is 7.30. The number of nitrogens with one attached hydrogen (secondary N) is 1. The third-order valence-corrected chi connectivity index (χ3v) is 4.30. The van der Waals surface area contributed by atoms with E-state index in [1.165, 1.54) is 10.4 Å². The van der Waals surface area contributed by atoms with E-state index in [-0.39, 0.29) is 0 Å². The Hall–Kier alpha value is -1.39. The van der Waals surface area contributed by atoms with Crippen LogP contribution in [0.4, 0.5) is 0 Å². The highest BCUT2D eigenvalue weighted by molar-refractivity contribution is 7.11. The molecule has 2 rings (SSSR count). The number of aromatic nitrogens is 1. The van der Waals surface area contributed by atoms with Gasteiger partial charge in [-0.15, -0.1) is 11.3 Å². The molecule has 0 atom stereocenters. The number of thiazole rings is 1. The summed E-state index contributed by atoms with van der Waals surface area (Å²) in [5.74, 6) is 0.933. The first kappa shape index (κ1) is 15.0. The van der Waals surface area contributed by atoms with E-state index in [4.69, 9.17) is 4.74 Å². The first-order chi connectivity index (χ1) is 9.60. The van der Waals surface area contributed by atoms with Gasteiger partial charge in [-0.2, -0.15) is 0 Å². The first-order valence-corrected chi connectivity index (χ1v) is 7.72. The molecular weight excluding hydrogens is 268 g/mol. The summed E-state index contributed by atoms with van der Waals surface area (Å²) in [6.07, 6.45) is 0.831. The maximum absolute atomic E-state index is 5.40. The molecular formula is C16H22N2OS. The Labute approximate surface area is 125 Å². The van der Waals surface area contributed by atoms with Gasteiger partial charge in [0.15, 0.2) is 0 Å². The maximum Gasteiger partial charge on any atom is 0.122 e. The summed E-state index contributed by atoms with van der Waals surface area (Å²) in [5.41, 5.74) is 2.32. The van der Waals surface area contributed by atoms with Crippen molar-refractivity contribution in [1.82, 2.24) is 10.3 Å². The van der Waals surface area contributed by atoms with Gasteiger partial charge in [0.05, 0.1) is 17.8 Å². The molecule has 4 heteroatoms. The second-order valence-corrected chi connectivity index (χ2v) is 6.31. The summed E-state index contributed by atoms with van der Waals surface area (Å²) in [4.78, 5) is 6.01. The molecule has 0 amide bonds. The van der Waals surface area contributed by atoms with E-state index >= 15 is 0 Å². The molecule has 0 radical (unpaired) electrons. The van der Waals surface area contributed by atoms with Crippen molar-refractivity contribution in [2.24, 2.45) is 0 Å². The number of hydrogen-bond acceptors (Lipinski definition) is 4. The van der Waals surface area contributed by atoms with Gasteiger partial charge in [0.2, 0.25) is 0 Å². The van der Waals surface area contributed by atoms with E-state index in [2.05, 4.69) is 37.1 Å². The fourth-order valence-corrected chi connectivity index (χ4v) is 3.08. The predicted octanol–water partition coefficient (Wildman–Crippen LogP) is 3.55. The quantitative estimate of drug-likeness (QED) is 0.883. The van der Waals surface area contributed by atoms with Gasteiger partial charge in [-0.05, 0) is 13.0 Å². The third kappa shape index (κ3) is 3.81. The Balaban J connectivity index is 2.12. The van der Waals surface area contributed by atoms with Gasteiger partial charge in [0.25, 0.3) is 0 Å². The lowest BCUT2D eigenvalue weighted by Gasteiger charge is -2.06. The molecule has 0 aliphatic heterocycles. The van der Waals surface area contributed by atoms with Crippen LogP contribution in [0.15, 0.2) is 24.3 Å². The number of methoxy groups -OCH3 is 1. The highest BCUT2D eigenvalue weighted by Crippen LogP contribution is 2.25. The molecule has 0 spiro atoms. The largest absolute Gasteiger partial charge is 0.496 e. The smallest absolute Gasteiger partial charge is 0.122 e. The fraction of sp³-hybridized carbons (Fsp3) is 0.438. The van der Waals surface area contributed by atoms with Crippen LogP contribution >= 0.6 is 11.3 Å². The molecule has 3 nitrogen and oxygen atoms in total. The van der Waals surface area contributed by atoms with Gasteiger partial charge in [-0.3, -0.25) is 0 Å². The van der Waals surface area contributed by atoms with Gasteiger partial charge in [0.1, 0.15) is 5.75 Å². The van der Waals surface area contributed by atoms with Crippen LogP contribution in [0.1, 0.15) is 35.0 Å². The van der Waals surface area contributed by atoms with Crippen LogP contribution in [0.25, 0.3) is 0 Å². The zero-order valence-corrected chi connectivity index (χ0v) is 13.4. The van der Waals surface area contributed by atoms with Crippen molar-refractivity contribution in [1.29, 1.82) is 0 Å². The van der Waals surface area contributed by atoms with Crippen molar-refractivity contribution in [3.8, 4) is 5.75 Å². The molecule has 0 bridgehead atoms. The lowest BCUT2D eigenvalue weighted by molar-refractivity contribution is 0.410. The van der Waals surface area contributed by atoms with Crippen LogP contribution in [0.2, 0.25) is 0 Å². The Morgan fingerprint density at radius 3 is 2.75 bits per heavy atom. The topological polar surface area (TPSA) is 34.1 Å². The number of rotatable bonds is 6. The average molecular weight is 290 g/mol. The minimum Gasteiger partial charge on any atom is -0.496 e. The van der Waals surface area contributed by atoms with Gasteiger partial charge < -0.3 is 10.1 Å². The Morgan fingerprint density at radius 2 is 2.05 bits per heavy atom. The zero-order valence-electron chi connectivity index (χ0n) is 12.6. The van der Waals surface area contributed by atoms with Gasteiger partial charge in [-0.1, -0.05) is 32.0 Å². The molecule has 0 fully saturated rings. The van der Waals surface area contributed by atoms with Gasteiger partial charge >= 0.3 is 0 Å². The maximum atomic E-state index is 5.40. The molecule has 0 aliphatic carbocycles. The van der Waals surface area contributed by atoms with Crippen LogP contribution in [0.3, 0.4) is 0 Å². The van der Waals surface area contributed by atoms with E-state index in [1.807, 2.05) is 18.2 Å². The van der Waals surface area contributed by atoms with E-state index < -0.39 is 0 Å². The number of para-hydroxylation sites is 1. The molecule has 1 aromatic carbocycles. The molecule has 0 aliphatic rings. The second kappa shape index (κ2) is 6.86. The second-order valence-electron chi connectivity index (χ2n) is 5.14. The summed E-state index contributed by atoms with van der Waals surface area (Å²) in [6, 6.07) is 8.63. The van der Waals surface area contributed by atoms with E-state index in [0.29, 0.717) is 6.04 Å². The van der Waals surface area contributed by atoms with E-state index in [1.54, 1.807) is 18.4 Å². The third-order valence-electron chi connectivity index (χ3n) is 3.14. The molecule has 20 heavy (non-hydrogen) atoms. The SMILES string of the molecule is COc1ccccc1Cc1nc(C)c(CNC(C)C)s1. The van der Waals surface area contributed by atoms with Crippen LogP contribution in [-0.4, -0.2) is 18.1 Å². The average Bonchev–Trinajstić information content (AvgIpc) is 2.77. The lowest BCUT2D eigenvalue weighted by Crippen LogP contribution is -2.21. The van der Waals surface area contributed by atoms with Crippen molar-refractivity contribution in [3.63, 3.8) is 0 Å². The van der Waals surface area contributed by atoms with E-state index in [9.17, 15) is 0 Å². The number of nitrogens with zero attached hydrogens (tertiary/aromatic N) is 1. The molecule has 0 saturated carbocycles. The molecule has 1 N–H and O–H groups in total. The van der Waals surface area contributed by atoms with Gasteiger partial charge in [0, 0.05) is 29.4 Å². The Morgan fingerprint density at radius 1 is 1.30 bits per heavy atom. The number of benzene rings is 1. The van der Waals surface area contributed by atoms with Crippen molar-refractivity contribution in [2.45, 2.75) is 39.8 Å². The monoisotopic (exact) mass is 290 g/mol. The van der Waals surface area contributed by atoms with Crippen LogP contribution in [0, 0.1) is 6.92 Å². The molecule has 0 unspecified atom stereocenters. The Bertz CT molecular complexity index is 563. The molecule has 2 aromatic rings. The van der Waals surface area contributed by atoms with Crippen molar-refractivity contribution >= 4 is 11.3 Å². The van der Waals surface area contributed by atoms with Crippen LogP contribution in [-0.2, 0) is 13.0 Å². The molecule has 0 saturated heterocycles.